The van der Waals surface area contributed by atoms with Crippen LogP contribution in [0.2, 0.25) is 0 Å². The molecule has 4 nitrogen and oxygen atoms in total. The fourth-order valence-corrected chi connectivity index (χ4v) is 2.30. The van der Waals surface area contributed by atoms with E-state index in [1.165, 1.54) is 37.9 Å². The smallest absolute Gasteiger partial charge is 0.111 e. The first-order valence-electron chi connectivity index (χ1n) is 9.65. The fraction of sp³-hybridized carbons (Fsp3) is 0.700. The zero-order valence-electron chi connectivity index (χ0n) is 16.7. The van der Waals surface area contributed by atoms with E-state index < -0.39 is 0 Å². The Bertz CT molecular complexity index is 472. The van der Waals surface area contributed by atoms with Crippen molar-refractivity contribution in [1.82, 2.24) is 19.1 Å². The highest BCUT2D eigenvalue weighted by Crippen LogP contribution is 2.12. The molecule has 2 aromatic rings. The molecule has 2 heterocycles. The lowest BCUT2D eigenvalue weighted by Crippen LogP contribution is -2.04. The summed E-state index contributed by atoms with van der Waals surface area (Å²) in [5, 5.41) is 0. The predicted molar refractivity (Wildman–Crippen MR) is 104 cm³/mol. The van der Waals surface area contributed by atoms with E-state index in [4.69, 9.17) is 0 Å². The Kier molecular flexibility index (Phi) is 14.0. The number of hydrogen-bond acceptors (Lipinski definition) is 2. The Morgan fingerprint density at radius 1 is 0.917 bits per heavy atom. The molecule has 0 saturated carbocycles. The normalized spacial score (nSPS) is 9.96. The van der Waals surface area contributed by atoms with Crippen LogP contribution in [0.1, 0.15) is 85.4 Å². The van der Waals surface area contributed by atoms with E-state index in [9.17, 15) is 0 Å². The van der Waals surface area contributed by atoms with Crippen molar-refractivity contribution in [2.45, 2.75) is 92.7 Å². The van der Waals surface area contributed by atoms with E-state index in [1.807, 2.05) is 38.8 Å². The van der Waals surface area contributed by atoms with Gasteiger partial charge in [-0.05, 0) is 12.8 Å². The second-order valence-corrected chi connectivity index (χ2v) is 5.99. The van der Waals surface area contributed by atoms with Gasteiger partial charge in [0, 0.05) is 43.8 Å². The maximum absolute atomic E-state index is 4.33. The quantitative estimate of drug-likeness (QED) is 0.563. The third kappa shape index (κ3) is 9.53. The molecule has 0 spiro atoms. The van der Waals surface area contributed by atoms with Crippen LogP contribution in [0.15, 0.2) is 31.1 Å². The Hall–Kier alpha value is -1.58. The maximum atomic E-state index is 4.33. The van der Waals surface area contributed by atoms with Crippen molar-refractivity contribution < 1.29 is 0 Å². The standard InChI is InChI=1S/C10H18N2.C8H14N2.C2H6/c1-4-5-7-12-8-6-11-10(12)9(2)3;1-2-3-4-6-10-7-5-9-8-10;1-2/h6,8-9H,4-5,7H2,1-3H3;5,7-8H,2-4,6H2,1H3;1-2H3. The summed E-state index contributed by atoms with van der Waals surface area (Å²) in [4.78, 5) is 8.30. The number of rotatable bonds is 8. The van der Waals surface area contributed by atoms with Crippen molar-refractivity contribution in [2.24, 2.45) is 0 Å². The molecule has 0 aromatic carbocycles. The number of nitrogens with zero attached hydrogens (tertiary/aromatic N) is 4. The van der Waals surface area contributed by atoms with E-state index in [2.05, 4.69) is 53.0 Å². The minimum Gasteiger partial charge on any atom is -0.337 e. The highest BCUT2D eigenvalue weighted by Gasteiger charge is 2.05. The van der Waals surface area contributed by atoms with Crippen LogP contribution in [0.5, 0.6) is 0 Å². The zero-order chi connectivity index (χ0) is 18.2. The molecule has 0 aliphatic carbocycles. The summed E-state index contributed by atoms with van der Waals surface area (Å²) in [6, 6.07) is 0. The van der Waals surface area contributed by atoms with Gasteiger partial charge in [0.2, 0.25) is 0 Å². The molecule has 0 aliphatic heterocycles. The van der Waals surface area contributed by atoms with E-state index >= 15 is 0 Å². The molecule has 0 saturated heterocycles. The molecule has 0 N–H and O–H groups in total. The number of hydrogen-bond donors (Lipinski definition) is 0. The van der Waals surface area contributed by atoms with Crippen LogP contribution in [0.4, 0.5) is 0 Å². The summed E-state index contributed by atoms with van der Waals surface area (Å²) in [5.41, 5.74) is 0. The second-order valence-electron chi connectivity index (χ2n) is 5.99. The van der Waals surface area contributed by atoms with Gasteiger partial charge in [0.25, 0.3) is 0 Å². The van der Waals surface area contributed by atoms with Crippen LogP contribution < -0.4 is 0 Å². The van der Waals surface area contributed by atoms with E-state index in [-0.39, 0.29) is 0 Å². The van der Waals surface area contributed by atoms with Crippen molar-refractivity contribution in [3.8, 4) is 0 Å². The molecule has 0 unspecified atom stereocenters. The van der Waals surface area contributed by atoms with Crippen molar-refractivity contribution in [2.75, 3.05) is 0 Å². The van der Waals surface area contributed by atoms with Gasteiger partial charge in [-0.25, -0.2) is 9.97 Å². The lowest BCUT2D eigenvalue weighted by molar-refractivity contribution is 0.583. The SMILES string of the molecule is CC.CCCCCn1ccnc1.CCCCn1ccnc1C(C)C. The lowest BCUT2D eigenvalue weighted by atomic mass is 10.2. The van der Waals surface area contributed by atoms with Gasteiger partial charge in [-0.1, -0.05) is 60.8 Å². The first-order valence-corrected chi connectivity index (χ1v) is 9.65. The highest BCUT2D eigenvalue weighted by molar-refractivity contribution is 4.97. The van der Waals surface area contributed by atoms with Crippen LogP contribution >= 0.6 is 0 Å². The number of aryl methyl sites for hydroxylation is 2. The fourth-order valence-electron chi connectivity index (χ4n) is 2.30. The molecule has 0 aliphatic rings. The second kappa shape index (κ2) is 15.0. The molecule has 0 bridgehead atoms. The predicted octanol–water partition coefficient (Wildman–Crippen LogP) is 5.91. The molecule has 24 heavy (non-hydrogen) atoms. The van der Waals surface area contributed by atoms with E-state index in [0.29, 0.717) is 5.92 Å². The van der Waals surface area contributed by atoms with Crippen molar-refractivity contribution in [3.63, 3.8) is 0 Å². The van der Waals surface area contributed by atoms with Gasteiger partial charge in [-0.3, -0.25) is 0 Å². The van der Waals surface area contributed by atoms with Gasteiger partial charge < -0.3 is 9.13 Å². The average molecular weight is 335 g/mol. The highest BCUT2D eigenvalue weighted by atomic mass is 15.1. The Labute approximate surface area is 149 Å². The Morgan fingerprint density at radius 3 is 2.17 bits per heavy atom. The van der Waals surface area contributed by atoms with Crippen molar-refractivity contribution >= 4 is 0 Å². The summed E-state index contributed by atoms with van der Waals surface area (Å²) in [6.45, 7) is 15.0. The van der Waals surface area contributed by atoms with Crippen molar-refractivity contribution in [1.29, 1.82) is 0 Å². The molecule has 0 radical (unpaired) electrons. The summed E-state index contributed by atoms with van der Waals surface area (Å²) in [6.07, 6.45) is 16.0. The van der Waals surface area contributed by atoms with E-state index in [1.54, 1.807) is 0 Å². The number of aromatic nitrogens is 4. The average Bonchev–Trinajstić information content (AvgIpc) is 3.27. The maximum Gasteiger partial charge on any atom is 0.111 e. The van der Waals surface area contributed by atoms with Crippen LogP contribution in [-0.2, 0) is 13.1 Å². The first-order chi connectivity index (χ1) is 11.7. The van der Waals surface area contributed by atoms with Crippen molar-refractivity contribution in [3.05, 3.63) is 36.9 Å². The molecule has 0 atom stereocenters. The third-order valence-corrected chi connectivity index (χ3v) is 3.60. The summed E-state index contributed by atoms with van der Waals surface area (Å²) in [5.74, 6) is 1.75. The molecule has 0 amide bonds. The topological polar surface area (TPSA) is 35.6 Å². The van der Waals surface area contributed by atoms with Gasteiger partial charge in [0.05, 0.1) is 6.33 Å². The lowest BCUT2D eigenvalue weighted by Gasteiger charge is -2.08. The molecular formula is C20H38N4. The zero-order valence-corrected chi connectivity index (χ0v) is 16.7. The van der Waals surface area contributed by atoms with Crippen LogP contribution in [0.25, 0.3) is 0 Å². The van der Waals surface area contributed by atoms with Gasteiger partial charge >= 0.3 is 0 Å². The molecule has 0 fully saturated rings. The summed E-state index contributed by atoms with van der Waals surface area (Å²) >= 11 is 0. The number of unbranched alkanes of at least 4 members (excludes halogenated alkanes) is 3. The molecule has 2 aromatic heterocycles. The minimum atomic E-state index is 0.539. The van der Waals surface area contributed by atoms with Crippen LogP contribution in [-0.4, -0.2) is 19.1 Å². The minimum absolute atomic E-state index is 0.539. The Balaban J connectivity index is 0.000000405. The van der Waals surface area contributed by atoms with Gasteiger partial charge in [0.1, 0.15) is 5.82 Å². The van der Waals surface area contributed by atoms with Crippen LogP contribution in [0.3, 0.4) is 0 Å². The number of imidazole rings is 2. The molecule has 4 heteroatoms. The largest absolute Gasteiger partial charge is 0.337 e. The van der Waals surface area contributed by atoms with Gasteiger partial charge in [-0.2, -0.15) is 0 Å². The first kappa shape index (κ1) is 22.4. The Morgan fingerprint density at radius 2 is 1.62 bits per heavy atom. The summed E-state index contributed by atoms with van der Waals surface area (Å²) in [7, 11) is 0. The van der Waals surface area contributed by atoms with Crippen LogP contribution in [0, 0.1) is 0 Å². The van der Waals surface area contributed by atoms with Gasteiger partial charge in [0.15, 0.2) is 0 Å². The molecule has 138 valence electrons. The summed E-state index contributed by atoms with van der Waals surface area (Å²) < 4.78 is 4.38. The molecular weight excluding hydrogens is 296 g/mol. The molecule has 2 rings (SSSR count). The van der Waals surface area contributed by atoms with E-state index in [0.717, 1.165) is 13.1 Å². The van der Waals surface area contributed by atoms with Gasteiger partial charge in [-0.15, -0.1) is 0 Å². The third-order valence-electron chi connectivity index (χ3n) is 3.60. The monoisotopic (exact) mass is 334 g/mol.